The van der Waals surface area contributed by atoms with Gasteiger partial charge in [-0.25, -0.2) is 33.2 Å². The SMILES string of the molecule is CCN(NC(=O)NCc1ccc(-c2cccc(F)c2C(=O)OC)cc1F)C(=O)c1cncc(F)c1. The van der Waals surface area contributed by atoms with Crippen LogP contribution in [0.15, 0.2) is 54.9 Å². The molecule has 1 aromatic heterocycles. The second kappa shape index (κ2) is 11.1. The molecule has 3 amide bonds. The zero-order chi connectivity index (χ0) is 25.5. The molecule has 1 heterocycles. The minimum absolute atomic E-state index is 0.0579. The molecule has 0 fully saturated rings. The number of pyridine rings is 1. The zero-order valence-corrected chi connectivity index (χ0v) is 18.8. The summed E-state index contributed by atoms with van der Waals surface area (Å²) in [5, 5.41) is 3.37. The Morgan fingerprint density at radius 1 is 1.03 bits per heavy atom. The van der Waals surface area contributed by atoms with Crippen LogP contribution in [0.25, 0.3) is 11.1 Å². The Bertz CT molecular complexity index is 1270. The number of aromatic nitrogens is 1. The first kappa shape index (κ1) is 25.2. The van der Waals surface area contributed by atoms with Gasteiger partial charge in [0.15, 0.2) is 0 Å². The molecule has 0 bridgehead atoms. The predicted molar refractivity (Wildman–Crippen MR) is 119 cm³/mol. The van der Waals surface area contributed by atoms with Crippen LogP contribution in [0.4, 0.5) is 18.0 Å². The van der Waals surface area contributed by atoms with Gasteiger partial charge >= 0.3 is 12.0 Å². The summed E-state index contributed by atoms with van der Waals surface area (Å²) in [4.78, 5) is 40.3. The van der Waals surface area contributed by atoms with E-state index in [-0.39, 0.29) is 40.9 Å². The fraction of sp³-hybridized carbons (Fsp3) is 0.167. The Balaban J connectivity index is 1.69. The molecule has 0 aliphatic rings. The number of esters is 1. The Morgan fingerprint density at radius 3 is 2.46 bits per heavy atom. The number of amides is 3. The Hall–Kier alpha value is -4.41. The molecule has 3 aromatic rings. The minimum atomic E-state index is -0.898. The lowest BCUT2D eigenvalue weighted by Gasteiger charge is -2.22. The normalized spacial score (nSPS) is 10.4. The lowest BCUT2D eigenvalue weighted by atomic mass is 9.98. The van der Waals surface area contributed by atoms with Crippen molar-refractivity contribution in [2.75, 3.05) is 13.7 Å². The van der Waals surface area contributed by atoms with Crippen molar-refractivity contribution in [3.63, 3.8) is 0 Å². The average Bonchev–Trinajstić information content (AvgIpc) is 2.85. The monoisotopic (exact) mass is 486 g/mol. The van der Waals surface area contributed by atoms with Crippen molar-refractivity contribution >= 4 is 17.9 Å². The van der Waals surface area contributed by atoms with Crippen LogP contribution in [-0.2, 0) is 11.3 Å². The van der Waals surface area contributed by atoms with Crippen LogP contribution in [0, 0.1) is 17.5 Å². The lowest BCUT2D eigenvalue weighted by Crippen LogP contribution is -2.50. The van der Waals surface area contributed by atoms with Gasteiger partial charge < -0.3 is 10.1 Å². The van der Waals surface area contributed by atoms with Crippen molar-refractivity contribution in [2.24, 2.45) is 0 Å². The van der Waals surface area contributed by atoms with Gasteiger partial charge in [-0.1, -0.05) is 24.3 Å². The molecule has 0 spiro atoms. The molecule has 0 unspecified atom stereocenters. The van der Waals surface area contributed by atoms with Crippen molar-refractivity contribution in [2.45, 2.75) is 13.5 Å². The topological polar surface area (TPSA) is 101 Å². The molecule has 182 valence electrons. The van der Waals surface area contributed by atoms with Gasteiger partial charge in [-0.2, -0.15) is 0 Å². The fourth-order valence-corrected chi connectivity index (χ4v) is 3.23. The summed E-state index contributed by atoms with van der Waals surface area (Å²) in [6.07, 6.45) is 2.10. The van der Waals surface area contributed by atoms with Crippen molar-refractivity contribution in [1.82, 2.24) is 20.7 Å². The van der Waals surface area contributed by atoms with Crippen molar-refractivity contribution in [1.29, 1.82) is 0 Å². The first-order chi connectivity index (χ1) is 16.7. The second-order valence-electron chi connectivity index (χ2n) is 7.20. The third-order valence-corrected chi connectivity index (χ3v) is 4.96. The van der Waals surface area contributed by atoms with Gasteiger partial charge in [0.1, 0.15) is 23.0 Å². The first-order valence-corrected chi connectivity index (χ1v) is 10.4. The van der Waals surface area contributed by atoms with Crippen LogP contribution in [0.1, 0.15) is 33.2 Å². The fourth-order valence-electron chi connectivity index (χ4n) is 3.23. The van der Waals surface area contributed by atoms with E-state index in [0.717, 1.165) is 42.7 Å². The molecule has 11 heteroatoms. The number of benzene rings is 2. The average molecular weight is 486 g/mol. The second-order valence-corrected chi connectivity index (χ2v) is 7.20. The number of hydrazine groups is 1. The molecule has 3 rings (SSSR count). The number of urea groups is 1. The summed E-state index contributed by atoms with van der Waals surface area (Å²) >= 11 is 0. The van der Waals surface area contributed by atoms with Crippen molar-refractivity contribution in [3.05, 3.63) is 89.0 Å². The highest BCUT2D eigenvalue weighted by atomic mass is 19.1. The van der Waals surface area contributed by atoms with Crippen LogP contribution < -0.4 is 10.7 Å². The molecule has 35 heavy (non-hydrogen) atoms. The van der Waals surface area contributed by atoms with Gasteiger partial charge in [0, 0.05) is 24.8 Å². The Kier molecular flexibility index (Phi) is 8.03. The van der Waals surface area contributed by atoms with Gasteiger partial charge in [-0.3, -0.25) is 9.78 Å². The van der Waals surface area contributed by atoms with E-state index in [0.29, 0.717) is 0 Å². The summed E-state index contributed by atoms with van der Waals surface area (Å²) < 4.78 is 46.9. The number of halogens is 3. The van der Waals surface area contributed by atoms with Gasteiger partial charge in [0.2, 0.25) is 0 Å². The van der Waals surface area contributed by atoms with Crippen LogP contribution in [0.2, 0.25) is 0 Å². The smallest absolute Gasteiger partial charge is 0.341 e. The first-order valence-electron chi connectivity index (χ1n) is 10.4. The molecule has 0 aliphatic carbocycles. The predicted octanol–water partition coefficient (Wildman–Crippen LogP) is 3.83. The molecule has 0 saturated heterocycles. The Morgan fingerprint density at radius 2 is 1.80 bits per heavy atom. The number of ether oxygens (including phenoxy) is 1. The lowest BCUT2D eigenvalue weighted by molar-refractivity contribution is 0.0596. The summed E-state index contributed by atoms with van der Waals surface area (Å²) in [5.41, 5.74) is 2.42. The highest BCUT2D eigenvalue weighted by Gasteiger charge is 2.20. The standard InChI is InChI=1S/C24H21F3N4O4/c1-3-31(22(32)16-9-17(25)13-28-11-16)30-24(34)29-12-15-8-7-14(10-20(15)27)18-5-4-6-19(26)21(18)23(33)35-2/h4-11,13H,3,12H2,1-2H3,(H2,29,30,34). The van der Waals surface area contributed by atoms with Gasteiger partial charge in [0.25, 0.3) is 5.91 Å². The number of hydrogen-bond acceptors (Lipinski definition) is 5. The highest BCUT2D eigenvalue weighted by Crippen LogP contribution is 2.28. The number of nitrogens with one attached hydrogen (secondary N) is 2. The van der Waals surface area contributed by atoms with E-state index in [2.05, 4.69) is 20.5 Å². The largest absolute Gasteiger partial charge is 0.465 e. The molecule has 8 nitrogen and oxygen atoms in total. The molecule has 0 aliphatic heterocycles. The van der Waals surface area contributed by atoms with Crippen molar-refractivity contribution < 1.29 is 32.3 Å². The van der Waals surface area contributed by atoms with Gasteiger partial charge in [-0.15, -0.1) is 0 Å². The summed E-state index contributed by atoms with van der Waals surface area (Å²) in [5.74, 6) is -3.79. The van der Waals surface area contributed by atoms with E-state index in [1.807, 2.05) is 0 Å². The third-order valence-electron chi connectivity index (χ3n) is 4.96. The maximum Gasteiger partial charge on any atom is 0.341 e. The van der Waals surface area contributed by atoms with E-state index in [4.69, 9.17) is 0 Å². The summed E-state index contributed by atoms with van der Waals surface area (Å²) in [7, 11) is 1.11. The van der Waals surface area contributed by atoms with E-state index in [1.165, 1.54) is 24.3 Å². The molecular weight excluding hydrogens is 465 g/mol. The maximum atomic E-state index is 14.7. The summed E-state index contributed by atoms with van der Waals surface area (Å²) in [6.45, 7) is 1.43. The van der Waals surface area contributed by atoms with E-state index in [9.17, 15) is 27.6 Å². The minimum Gasteiger partial charge on any atom is -0.465 e. The van der Waals surface area contributed by atoms with E-state index in [1.54, 1.807) is 6.92 Å². The quantitative estimate of drug-likeness (QED) is 0.408. The summed E-state index contributed by atoms with van der Waals surface area (Å²) in [6, 6.07) is 8.07. The number of rotatable bonds is 6. The number of carbonyl (C=O) groups is 3. The molecule has 2 N–H and O–H groups in total. The van der Waals surface area contributed by atoms with Crippen LogP contribution in [-0.4, -0.2) is 41.6 Å². The van der Waals surface area contributed by atoms with Crippen molar-refractivity contribution in [3.8, 4) is 11.1 Å². The van der Waals surface area contributed by atoms with E-state index < -0.39 is 35.4 Å². The molecule has 0 saturated carbocycles. The number of carbonyl (C=O) groups excluding carboxylic acids is 3. The zero-order valence-electron chi connectivity index (χ0n) is 18.8. The van der Waals surface area contributed by atoms with Gasteiger partial charge in [-0.05, 0) is 36.2 Å². The molecule has 0 atom stereocenters. The highest BCUT2D eigenvalue weighted by molar-refractivity contribution is 5.97. The number of methoxy groups -OCH3 is 1. The maximum absolute atomic E-state index is 14.7. The molecular formula is C24H21F3N4O4. The van der Waals surface area contributed by atoms with Crippen LogP contribution in [0.3, 0.4) is 0 Å². The van der Waals surface area contributed by atoms with Gasteiger partial charge in [0.05, 0.1) is 18.9 Å². The molecule has 0 radical (unpaired) electrons. The molecule has 2 aromatic carbocycles. The number of nitrogens with zero attached hydrogens (tertiary/aromatic N) is 2. The Labute approximate surface area is 198 Å². The van der Waals surface area contributed by atoms with Crippen LogP contribution >= 0.6 is 0 Å². The van der Waals surface area contributed by atoms with E-state index >= 15 is 0 Å². The third kappa shape index (κ3) is 5.94. The number of hydrogen-bond donors (Lipinski definition) is 2. The van der Waals surface area contributed by atoms with Crippen LogP contribution in [0.5, 0.6) is 0 Å².